The highest BCUT2D eigenvalue weighted by Crippen LogP contribution is 2.43. The fourth-order valence-corrected chi connectivity index (χ4v) is 3.11. The average Bonchev–Trinajstić information content (AvgIpc) is 2.28. The van der Waals surface area contributed by atoms with E-state index in [0.29, 0.717) is 19.0 Å². The molecule has 2 unspecified atom stereocenters. The Bertz CT molecular complexity index is 309. The van der Waals surface area contributed by atoms with Crippen LogP contribution in [0.2, 0.25) is 0 Å². The molecular weight excluding hydrogens is 281 g/mol. The molecule has 7 nitrogen and oxygen atoms in total. The second-order valence-electron chi connectivity index (χ2n) is 4.22. The van der Waals surface area contributed by atoms with Gasteiger partial charge in [0.2, 0.25) is 0 Å². The van der Waals surface area contributed by atoms with E-state index < -0.39 is 19.2 Å². The van der Waals surface area contributed by atoms with Crippen molar-refractivity contribution >= 4 is 19.2 Å². The van der Waals surface area contributed by atoms with Gasteiger partial charge in [0.05, 0.1) is 18.0 Å². The van der Waals surface area contributed by atoms with Crippen molar-refractivity contribution in [3.05, 3.63) is 0 Å². The van der Waals surface area contributed by atoms with Crippen molar-refractivity contribution in [2.45, 2.75) is 44.6 Å². The van der Waals surface area contributed by atoms with E-state index in [4.69, 9.17) is 4.89 Å². The number of hydrogen-bond acceptors (Lipinski definition) is 6. The predicted molar refractivity (Wildman–Crippen MR) is 65.3 cm³/mol. The van der Waals surface area contributed by atoms with E-state index in [9.17, 15) is 13.3 Å². The molecule has 0 saturated heterocycles. The molecule has 2 N–H and O–H groups in total. The van der Waals surface area contributed by atoms with Crippen LogP contribution in [0.15, 0.2) is 0 Å². The first-order valence-corrected chi connectivity index (χ1v) is 8.49. The van der Waals surface area contributed by atoms with Gasteiger partial charge in [-0.25, -0.2) is 8.77 Å². The fourth-order valence-electron chi connectivity index (χ4n) is 1.96. The molecule has 18 heavy (non-hydrogen) atoms. The lowest BCUT2D eigenvalue weighted by molar-refractivity contribution is 0.199. The minimum atomic E-state index is -4.46. The van der Waals surface area contributed by atoms with E-state index in [0.717, 1.165) is 12.8 Å². The molecule has 1 rings (SSSR count). The summed E-state index contributed by atoms with van der Waals surface area (Å²) in [5.74, 6) is 0. The van der Waals surface area contributed by atoms with E-state index in [2.05, 4.69) is 13.8 Å². The third kappa shape index (κ3) is 7.58. The van der Waals surface area contributed by atoms with Crippen molar-refractivity contribution < 1.29 is 26.7 Å². The summed E-state index contributed by atoms with van der Waals surface area (Å²) in [6.45, 7) is 0.649. The van der Waals surface area contributed by atoms with Crippen molar-refractivity contribution in [1.29, 1.82) is 0 Å². The topological polar surface area (TPSA) is 108 Å². The molecule has 0 aromatic carbocycles. The third-order valence-corrected chi connectivity index (χ3v) is 4.52. The summed E-state index contributed by atoms with van der Waals surface area (Å²) in [6.07, 6.45) is 6.62. The summed E-state index contributed by atoms with van der Waals surface area (Å²) >= 11 is -3.05. The molecule has 0 aliphatic heterocycles. The van der Waals surface area contributed by atoms with Gasteiger partial charge in [0.25, 0.3) is 0 Å². The molecule has 1 aliphatic rings. The number of phosphoric acid groups is 1. The van der Waals surface area contributed by atoms with Gasteiger partial charge in [0, 0.05) is 6.04 Å². The van der Waals surface area contributed by atoms with Crippen LogP contribution in [-0.4, -0.2) is 32.8 Å². The van der Waals surface area contributed by atoms with Gasteiger partial charge < -0.3 is 14.8 Å². The van der Waals surface area contributed by atoms with Crippen molar-refractivity contribution in [1.82, 2.24) is 5.32 Å². The first kappa shape index (κ1) is 16.2. The van der Waals surface area contributed by atoms with Gasteiger partial charge in [-0.3, -0.25) is 4.52 Å². The van der Waals surface area contributed by atoms with Crippen molar-refractivity contribution in [3.8, 4) is 0 Å². The van der Waals surface area contributed by atoms with Gasteiger partial charge in [-0.2, -0.15) is 3.97 Å². The van der Waals surface area contributed by atoms with Gasteiger partial charge in [-0.1, -0.05) is 19.3 Å². The SMILES string of the molecule is O=S([O-])OP(=O)(O)OCCCNC1CCCCC1. The maximum absolute atomic E-state index is 11.0. The van der Waals surface area contributed by atoms with Crippen LogP contribution in [0.4, 0.5) is 0 Å². The Morgan fingerprint density at radius 1 is 1.39 bits per heavy atom. The lowest BCUT2D eigenvalue weighted by Crippen LogP contribution is -2.32. The van der Waals surface area contributed by atoms with E-state index in [1.165, 1.54) is 19.3 Å². The van der Waals surface area contributed by atoms with Gasteiger partial charge in [0.1, 0.15) is 0 Å². The number of rotatable bonds is 8. The Hall–Kier alpha value is 0.180. The van der Waals surface area contributed by atoms with Crippen LogP contribution in [0.5, 0.6) is 0 Å². The Morgan fingerprint density at radius 2 is 2.06 bits per heavy atom. The molecule has 0 spiro atoms. The molecule has 0 heterocycles. The molecule has 1 saturated carbocycles. The number of nitrogens with one attached hydrogen (secondary N) is 1. The summed E-state index contributed by atoms with van der Waals surface area (Å²) in [7, 11) is -4.46. The summed E-state index contributed by atoms with van der Waals surface area (Å²) in [5.41, 5.74) is 0. The van der Waals surface area contributed by atoms with Crippen LogP contribution >= 0.6 is 7.82 Å². The average molecular weight is 300 g/mol. The summed E-state index contributed by atoms with van der Waals surface area (Å²) in [5, 5.41) is 3.33. The Kier molecular flexibility index (Phi) is 7.55. The molecule has 2 atom stereocenters. The lowest BCUT2D eigenvalue weighted by atomic mass is 9.95. The molecule has 0 aromatic rings. The highest BCUT2D eigenvalue weighted by Gasteiger charge is 2.21. The summed E-state index contributed by atoms with van der Waals surface area (Å²) < 4.78 is 39.3. The third-order valence-electron chi connectivity index (χ3n) is 2.77. The molecule has 0 aromatic heterocycles. The second kappa shape index (κ2) is 8.37. The van der Waals surface area contributed by atoms with E-state index in [-0.39, 0.29) is 6.61 Å². The maximum atomic E-state index is 11.0. The minimum absolute atomic E-state index is 0.0231. The largest absolute Gasteiger partial charge is 0.749 e. The number of hydrogen-bond donors (Lipinski definition) is 2. The highest BCUT2D eigenvalue weighted by molar-refractivity contribution is 7.79. The molecule has 1 fully saturated rings. The van der Waals surface area contributed by atoms with Crippen molar-refractivity contribution in [3.63, 3.8) is 0 Å². The quantitative estimate of drug-likeness (QED) is 0.394. The van der Waals surface area contributed by atoms with Crippen LogP contribution in [0.1, 0.15) is 38.5 Å². The van der Waals surface area contributed by atoms with Crippen LogP contribution < -0.4 is 5.32 Å². The van der Waals surface area contributed by atoms with Crippen LogP contribution in [-0.2, 0) is 24.4 Å². The van der Waals surface area contributed by atoms with E-state index in [1.54, 1.807) is 0 Å². The summed E-state index contributed by atoms with van der Waals surface area (Å²) in [6, 6.07) is 0.519. The molecule has 0 amide bonds. The van der Waals surface area contributed by atoms with Crippen LogP contribution in [0.25, 0.3) is 0 Å². The smallest absolute Gasteiger partial charge is 0.484 e. The maximum Gasteiger partial charge on any atom is 0.484 e. The summed E-state index contributed by atoms with van der Waals surface area (Å²) in [4.78, 5) is 8.93. The second-order valence-corrected chi connectivity index (χ2v) is 6.42. The van der Waals surface area contributed by atoms with Gasteiger partial charge in [-0.05, 0) is 25.8 Å². The van der Waals surface area contributed by atoms with E-state index in [1.807, 2.05) is 0 Å². The molecule has 108 valence electrons. The first-order valence-electron chi connectivity index (χ1n) is 6.00. The molecule has 0 bridgehead atoms. The zero-order chi connectivity index (χ0) is 13.4. The fraction of sp³-hybridized carbons (Fsp3) is 1.00. The molecule has 9 heteroatoms. The van der Waals surface area contributed by atoms with Crippen molar-refractivity contribution in [2.75, 3.05) is 13.2 Å². The lowest BCUT2D eigenvalue weighted by Gasteiger charge is -2.22. The highest BCUT2D eigenvalue weighted by atomic mass is 32.2. The zero-order valence-corrected chi connectivity index (χ0v) is 11.8. The molecule has 1 aliphatic carbocycles. The molecule has 0 radical (unpaired) electrons. The Morgan fingerprint density at radius 3 is 2.67 bits per heavy atom. The first-order chi connectivity index (χ1) is 8.49. The minimum Gasteiger partial charge on any atom is -0.749 e. The van der Waals surface area contributed by atoms with Gasteiger partial charge in [-0.15, -0.1) is 0 Å². The molecular formula is C9H19NO6PS-. The number of phosphoric ester groups is 1. The monoisotopic (exact) mass is 300 g/mol. The van der Waals surface area contributed by atoms with Gasteiger partial charge >= 0.3 is 7.82 Å². The standard InChI is InChI=1S/C9H20NO6PS/c11-17(12,16-18(13)14)15-8-4-7-10-9-5-2-1-3-6-9/h9-10H,1-8H2,(H,11,12)(H,13,14)/p-1. The van der Waals surface area contributed by atoms with E-state index >= 15 is 0 Å². The Balaban J connectivity index is 2.03. The van der Waals surface area contributed by atoms with Gasteiger partial charge in [0.15, 0.2) is 0 Å². The van der Waals surface area contributed by atoms with Crippen LogP contribution in [0.3, 0.4) is 0 Å². The zero-order valence-electron chi connectivity index (χ0n) is 10.1. The van der Waals surface area contributed by atoms with Crippen LogP contribution in [0, 0.1) is 0 Å². The normalized spacial score (nSPS) is 22.6. The predicted octanol–water partition coefficient (Wildman–Crippen LogP) is 1.23. The van der Waals surface area contributed by atoms with Crippen molar-refractivity contribution in [2.24, 2.45) is 0 Å². The Labute approximate surface area is 109 Å².